The second-order valence-electron chi connectivity index (χ2n) is 5.49. The summed E-state index contributed by atoms with van der Waals surface area (Å²) in [5.74, 6) is 2.54. The second-order valence-corrected chi connectivity index (χ2v) is 5.49. The molecular weight excluding hydrogens is 238 g/mol. The molecular formula is C15H19N3O. The molecule has 4 nitrogen and oxygen atoms in total. The third-order valence-electron chi connectivity index (χ3n) is 3.94. The van der Waals surface area contributed by atoms with E-state index < -0.39 is 0 Å². The zero-order valence-corrected chi connectivity index (χ0v) is 11.1. The van der Waals surface area contributed by atoms with Gasteiger partial charge in [-0.25, -0.2) is 0 Å². The largest absolute Gasteiger partial charge is 0.337 e. The number of hydrogen-bond donors (Lipinski definition) is 1. The minimum atomic E-state index is -0.332. The Morgan fingerprint density at radius 3 is 2.74 bits per heavy atom. The number of nitrogens with zero attached hydrogens (tertiary/aromatic N) is 2. The molecule has 2 aromatic rings. The molecule has 1 aromatic carbocycles. The van der Waals surface area contributed by atoms with Crippen molar-refractivity contribution in [1.29, 1.82) is 0 Å². The summed E-state index contributed by atoms with van der Waals surface area (Å²) in [6.07, 6.45) is 3.56. The molecule has 4 heteroatoms. The molecule has 3 atom stereocenters. The molecule has 1 saturated carbocycles. The molecule has 1 fully saturated rings. The maximum Gasteiger partial charge on any atom is 0.248 e. The molecule has 3 rings (SSSR count). The lowest BCUT2D eigenvalue weighted by molar-refractivity contribution is 0.359. The van der Waals surface area contributed by atoms with Crippen LogP contribution in [0.1, 0.15) is 55.4 Å². The van der Waals surface area contributed by atoms with Gasteiger partial charge in [0.1, 0.15) is 6.04 Å². The monoisotopic (exact) mass is 257 g/mol. The summed E-state index contributed by atoms with van der Waals surface area (Å²) < 4.78 is 5.34. The predicted molar refractivity (Wildman–Crippen MR) is 72.5 cm³/mol. The Bertz CT molecular complexity index is 537. The van der Waals surface area contributed by atoms with Gasteiger partial charge in [0.15, 0.2) is 5.82 Å². The van der Waals surface area contributed by atoms with E-state index in [1.54, 1.807) is 0 Å². The van der Waals surface area contributed by atoms with Crippen molar-refractivity contribution in [2.24, 2.45) is 11.7 Å². The van der Waals surface area contributed by atoms with Gasteiger partial charge in [-0.2, -0.15) is 4.98 Å². The van der Waals surface area contributed by atoms with Crippen LogP contribution < -0.4 is 5.73 Å². The lowest BCUT2D eigenvalue weighted by Crippen LogP contribution is -2.12. The fraction of sp³-hybridized carbons (Fsp3) is 0.467. The van der Waals surface area contributed by atoms with Gasteiger partial charge in [-0.3, -0.25) is 0 Å². The zero-order valence-electron chi connectivity index (χ0n) is 11.1. The Kier molecular flexibility index (Phi) is 3.34. The summed E-state index contributed by atoms with van der Waals surface area (Å²) in [6.45, 7) is 2.27. The summed E-state index contributed by atoms with van der Waals surface area (Å²) in [4.78, 5) is 4.50. The van der Waals surface area contributed by atoms with Crippen LogP contribution in [0.3, 0.4) is 0 Å². The molecule has 1 aliphatic rings. The van der Waals surface area contributed by atoms with Gasteiger partial charge in [0.2, 0.25) is 5.89 Å². The highest BCUT2D eigenvalue weighted by Gasteiger charge is 2.27. The number of hydrogen-bond acceptors (Lipinski definition) is 4. The van der Waals surface area contributed by atoms with Gasteiger partial charge in [0, 0.05) is 5.92 Å². The fourth-order valence-corrected chi connectivity index (χ4v) is 2.78. The highest BCUT2D eigenvalue weighted by molar-refractivity contribution is 5.23. The molecule has 1 aromatic heterocycles. The van der Waals surface area contributed by atoms with Crippen LogP contribution in [0.15, 0.2) is 34.9 Å². The van der Waals surface area contributed by atoms with Crippen molar-refractivity contribution in [3.05, 3.63) is 47.6 Å². The third kappa shape index (κ3) is 2.54. The molecule has 1 aliphatic carbocycles. The summed E-state index contributed by atoms with van der Waals surface area (Å²) in [5.41, 5.74) is 7.16. The first-order valence-corrected chi connectivity index (χ1v) is 6.88. The minimum absolute atomic E-state index is 0.332. The molecule has 0 radical (unpaired) electrons. The molecule has 0 aliphatic heterocycles. The number of nitrogens with two attached hydrogens (primary N) is 1. The maximum absolute atomic E-state index is 6.16. The summed E-state index contributed by atoms with van der Waals surface area (Å²) in [6, 6.07) is 9.52. The summed E-state index contributed by atoms with van der Waals surface area (Å²) in [7, 11) is 0. The number of aromatic nitrogens is 2. The molecule has 3 unspecified atom stereocenters. The smallest absolute Gasteiger partial charge is 0.248 e. The number of benzene rings is 1. The molecule has 0 bridgehead atoms. The third-order valence-corrected chi connectivity index (χ3v) is 3.94. The van der Waals surface area contributed by atoms with Gasteiger partial charge in [0.25, 0.3) is 0 Å². The van der Waals surface area contributed by atoms with Crippen LogP contribution in [0.4, 0.5) is 0 Å². The standard InChI is InChI=1S/C15H19N3O/c1-10-7-8-12(9-10)14-17-15(19-18-14)13(16)11-5-3-2-4-6-11/h2-6,10,12-13H,7-9,16H2,1H3. The van der Waals surface area contributed by atoms with E-state index in [0.29, 0.717) is 11.8 Å². The normalized spacial score (nSPS) is 24.5. The van der Waals surface area contributed by atoms with E-state index >= 15 is 0 Å². The highest BCUT2D eigenvalue weighted by Crippen LogP contribution is 2.36. The van der Waals surface area contributed by atoms with Crippen LogP contribution in [0.5, 0.6) is 0 Å². The van der Waals surface area contributed by atoms with Crippen molar-refractivity contribution in [3.63, 3.8) is 0 Å². The first-order chi connectivity index (χ1) is 9.24. The van der Waals surface area contributed by atoms with Gasteiger partial charge in [0.05, 0.1) is 0 Å². The topological polar surface area (TPSA) is 64.9 Å². The molecule has 1 heterocycles. The fourth-order valence-electron chi connectivity index (χ4n) is 2.78. The molecule has 100 valence electrons. The molecule has 19 heavy (non-hydrogen) atoms. The average molecular weight is 257 g/mol. The van der Waals surface area contributed by atoms with Gasteiger partial charge in [-0.15, -0.1) is 0 Å². The molecule has 0 amide bonds. The Hall–Kier alpha value is -1.68. The van der Waals surface area contributed by atoms with Gasteiger partial charge >= 0.3 is 0 Å². The van der Waals surface area contributed by atoms with E-state index in [1.165, 1.54) is 6.42 Å². The van der Waals surface area contributed by atoms with Crippen LogP contribution in [0, 0.1) is 5.92 Å². The second kappa shape index (κ2) is 5.13. The van der Waals surface area contributed by atoms with E-state index in [9.17, 15) is 0 Å². The Balaban J connectivity index is 1.78. The van der Waals surface area contributed by atoms with Gasteiger partial charge in [-0.05, 0) is 30.7 Å². The Morgan fingerprint density at radius 1 is 1.26 bits per heavy atom. The van der Waals surface area contributed by atoms with Crippen molar-refractivity contribution in [2.45, 2.75) is 38.1 Å². The van der Waals surface area contributed by atoms with Crippen molar-refractivity contribution < 1.29 is 4.52 Å². The van der Waals surface area contributed by atoms with E-state index in [1.807, 2.05) is 30.3 Å². The van der Waals surface area contributed by atoms with Gasteiger partial charge < -0.3 is 10.3 Å². The molecule has 0 saturated heterocycles. The average Bonchev–Trinajstić information content (AvgIpc) is 3.07. The lowest BCUT2D eigenvalue weighted by atomic mass is 10.1. The van der Waals surface area contributed by atoms with Gasteiger partial charge in [-0.1, -0.05) is 42.4 Å². The van der Waals surface area contributed by atoms with E-state index in [-0.39, 0.29) is 6.04 Å². The first-order valence-electron chi connectivity index (χ1n) is 6.88. The van der Waals surface area contributed by atoms with Crippen LogP contribution in [-0.4, -0.2) is 10.1 Å². The van der Waals surface area contributed by atoms with E-state index in [4.69, 9.17) is 10.3 Å². The van der Waals surface area contributed by atoms with Crippen molar-refractivity contribution in [3.8, 4) is 0 Å². The first kappa shape index (κ1) is 12.4. The SMILES string of the molecule is CC1CCC(c2noc(C(N)c3ccccc3)n2)C1. The zero-order chi connectivity index (χ0) is 13.2. The van der Waals surface area contributed by atoms with E-state index in [2.05, 4.69) is 17.1 Å². The van der Waals surface area contributed by atoms with Crippen molar-refractivity contribution in [1.82, 2.24) is 10.1 Å². The molecule has 0 spiro atoms. The molecule has 2 N–H and O–H groups in total. The minimum Gasteiger partial charge on any atom is -0.337 e. The van der Waals surface area contributed by atoms with Crippen molar-refractivity contribution in [2.75, 3.05) is 0 Å². The summed E-state index contributed by atoms with van der Waals surface area (Å²) in [5, 5.41) is 4.11. The summed E-state index contributed by atoms with van der Waals surface area (Å²) >= 11 is 0. The van der Waals surface area contributed by atoms with Crippen LogP contribution in [0.25, 0.3) is 0 Å². The number of rotatable bonds is 3. The van der Waals surface area contributed by atoms with Crippen LogP contribution in [0.2, 0.25) is 0 Å². The maximum atomic E-state index is 6.16. The highest BCUT2D eigenvalue weighted by atomic mass is 16.5. The van der Waals surface area contributed by atoms with Crippen LogP contribution in [-0.2, 0) is 0 Å². The van der Waals surface area contributed by atoms with E-state index in [0.717, 1.165) is 30.1 Å². The van der Waals surface area contributed by atoms with Crippen LogP contribution >= 0.6 is 0 Å². The quantitative estimate of drug-likeness (QED) is 0.918. The Labute approximate surface area is 113 Å². The van der Waals surface area contributed by atoms with Crippen molar-refractivity contribution >= 4 is 0 Å². The predicted octanol–water partition coefficient (Wildman–Crippen LogP) is 3.02. The lowest BCUT2D eigenvalue weighted by Gasteiger charge is -2.06. The Morgan fingerprint density at radius 2 is 2.05 bits per heavy atom.